The standard InChI is InChI=1S/C14H28N2O3S/c1-4-20(17,18)16-7-5-13(6-8-16)15-14-9-11(2)19-12(3)10-14/h11-15H,4-10H2,1-3H3. The van der Waals surface area contributed by atoms with E-state index in [1.807, 2.05) is 0 Å². The normalized spacial score (nSPS) is 34.2. The van der Waals surface area contributed by atoms with Crippen LogP contribution >= 0.6 is 0 Å². The molecule has 2 heterocycles. The largest absolute Gasteiger partial charge is 0.375 e. The van der Waals surface area contributed by atoms with E-state index in [2.05, 4.69) is 19.2 Å². The van der Waals surface area contributed by atoms with Crippen molar-refractivity contribution >= 4 is 10.0 Å². The highest BCUT2D eigenvalue weighted by Crippen LogP contribution is 2.22. The monoisotopic (exact) mass is 304 g/mol. The summed E-state index contributed by atoms with van der Waals surface area (Å²) in [5.41, 5.74) is 0. The van der Waals surface area contributed by atoms with Gasteiger partial charge in [-0.05, 0) is 46.5 Å². The molecule has 0 aliphatic carbocycles. The van der Waals surface area contributed by atoms with Crippen molar-refractivity contribution < 1.29 is 13.2 Å². The van der Waals surface area contributed by atoms with Crippen molar-refractivity contribution in [1.82, 2.24) is 9.62 Å². The Balaban J connectivity index is 1.80. The molecule has 20 heavy (non-hydrogen) atoms. The molecule has 2 fully saturated rings. The molecule has 0 saturated carbocycles. The van der Waals surface area contributed by atoms with Crippen LogP contribution in [0.5, 0.6) is 0 Å². The smallest absolute Gasteiger partial charge is 0.213 e. The molecule has 0 bridgehead atoms. The number of nitrogens with one attached hydrogen (secondary N) is 1. The fourth-order valence-electron chi connectivity index (χ4n) is 3.36. The zero-order valence-corrected chi connectivity index (χ0v) is 13.7. The van der Waals surface area contributed by atoms with Gasteiger partial charge in [-0.15, -0.1) is 0 Å². The van der Waals surface area contributed by atoms with E-state index in [0.717, 1.165) is 25.7 Å². The zero-order valence-electron chi connectivity index (χ0n) is 12.8. The van der Waals surface area contributed by atoms with E-state index >= 15 is 0 Å². The van der Waals surface area contributed by atoms with Gasteiger partial charge in [-0.25, -0.2) is 12.7 Å². The first-order valence-electron chi connectivity index (χ1n) is 7.80. The molecule has 2 rings (SSSR count). The van der Waals surface area contributed by atoms with Gasteiger partial charge in [-0.3, -0.25) is 0 Å². The van der Waals surface area contributed by atoms with E-state index in [9.17, 15) is 8.42 Å². The van der Waals surface area contributed by atoms with Crippen molar-refractivity contribution in [3.8, 4) is 0 Å². The maximum atomic E-state index is 11.8. The van der Waals surface area contributed by atoms with Crippen molar-refractivity contribution in [3.05, 3.63) is 0 Å². The summed E-state index contributed by atoms with van der Waals surface area (Å²) in [4.78, 5) is 0. The van der Waals surface area contributed by atoms with E-state index < -0.39 is 10.0 Å². The van der Waals surface area contributed by atoms with Gasteiger partial charge in [-0.2, -0.15) is 0 Å². The summed E-state index contributed by atoms with van der Waals surface area (Å²) in [5, 5.41) is 3.71. The molecule has 0 aromatic rings. The number of piperidine rings is 1. The van der Waals surface area contributed by atoms with Crippen molar-refractivity contribution in [2.45, 2.75) is 70.7 Å². The highest BCUT2D eigenvalue weighted by atomic mass is 32.2. The molecule has 118 valence electrons. The molecule has 6 heteroatoms. The van der Waals surface area contributed by atoms with Gasteiger partial charge in [-0.1, -0.05) is 0 Å². The third-order valence-corrected chi connectivity index (χ3v) is 6.26. The molecule has 2 unspecified atom stereocenters. The highest BCUT2D eigenvalue weighted by Gasteiger charge is 2.30. The molecule has 0 spiro atoms. The summed E-state index contributed by atoms with van der Waals surface area (Å²) in [6.45, 7) is 7.27. The Bertz CT molecular complexity index is 395. The SMILES string of the molecule is CCS(=O)(=O)N1CCC(NC2CC(C)OC(C)C2)CC1. The van der Waals surface area contributed by atoms with Crippen LogP contribution in [0.3, 0.4) is 0 Å². The quantitative estimate of drug-likeness (QED) is 0.852. The second-order valence-electron chi connectivity index (χ2n) is 6.17. The fraction of sp³-hybridized carbons (Fsp3) is 1.00. The number of hydrogen-bond acceptors (Lipinski definition) is 4. The molecule has 2 atom stereocenters. The van der Waals surface area contributed by atoms with Gasteiger partial charge in [0.15, 0.2) is 0 Å². The maximum Gasteiger partial charge on any atom is 0.213 e. The van der Waals surface area contributed by atoms with Gasteiger partial charge in [0.05, 0.1) is 18.0 Å². The maximum absolute atomic E-state index is 11.8. The minimum absolute atomic E-state index is 0.208. The number of hydrogen-bond donors (Lipinski definition) is 1. The molecular formula is C14H28N2O3S. The van der Waals surface area contributed by atoms with E-state index in [-0.39, 0.29) is 5.75 Å². The van der Waals surface area contributed by atoms with E-state index in [0.29, 0.717) is 37.4 Å². The molecule has 5 nitrogen and oxygen atoms in total. The Kier molecular flexibility index (Phi) is 5.45. The summed E-state index contributed by atoms with van der Waals surface area (Å²) in [6, 6.07) is 0.953. The topological polar surface area (TPSA) is 58.6 Å². The van der Waals surface area contributed by atoms with E-state index in [1.54, 1.807) is 11.2 Å². The van der Waals surface area contributed by atoms with Crippen molar-refractivity contribution in [1.29, 1.82) is 0 Å². The molecule has 0 radical (unpaired) electrons. The van der Waals surface area contributed by atoms with Gasteiger partial charge in [0.1, 0.15) is 0 Å². The lowest BCUT2D eigenvalue weighted by Crippen LogP contribution is -2.50. The summed E-state index contributed by atoms with van der Waals surface area (Å²) >= 11 is 0. The molecule has 0 aromatic heterocycles. The Morgan fingerprint density at radius 2 is 1.65 bits per heavy atom. The number of sulfonamides is 1. The minimum atomic E-state index is -3.01. The van der Waals surface area contributed by atoms with E-state index in [1.165, 1.54) is 0 Å². The summed E-state index contributed by atoms with van der Waals surface area (Å²) in [5.74, 6) is 0.208. The van der Waals surface area contributed by atoms with Crippen LogP contribution in [0, 0.1) is 0 Å². The first-order chi connectivity index (χ1) is 9.40. The third-order valence-electron chi connectivity index (χ3n) is 4.38. The van der Waals surface area contributed by atoms with Gasteiger partial charge in [0.2, 0.25) is 10.0 Å². The first-order valence-corrected chi connectivity index (χ1v) is 9.41. The predicted octanol–water partition coefficient (Wildman–Crippen LogP) is 1.35. The molecular weight excluding hydrogens is 276 g/mol. The number of rotatable bonds is 4. The zero-order chi connectivity index (χ0) is 14.8. The molecule has 1 N–H and O–H groups in total. The lowest BCUT2D eigenvalue weighted by molar-refractivity contribution is -0.0442. The van der Waals surface area contributed by atoms with Crippen LogP contribution < -0.4 is 5.32 Å². The number of ether oxygens (including phenoxy) is 1. The average Bonchev–Trinajstić information content (AvgIpc) is 2.38. The average molecular weight is 304 g/mol. The fourth-order valence-corrected chi connectivity index (χ4v) is 4.49. The molecule has 0 aromatic carbocycles. The lowest BCUT2D eigenvalue weighted by atomic mass is 9.97. The van der Waals surface area contributed by atoms with Crippen LogP contribution in [0.15, 0.2) is 0 Å². The Hall–Kier alpha value is -0.170. The van der Waals surface area contributed by atoms with Crippen molar-refractivity contribution in [2.75, 3.05) is 18.8 Å². The number of nitrogens with zero attached hydrogens (tertiary/aromatic N) is 1. The molecule has 2 saturated heterocycles. The van der Waals surface area contributed by atoms with Crippen LogP contribution in [-0.2, 0) is 14.8 Å². The first kappa shape index (κ1) is 16.2. The van der Waals surface area contributed by atoms with Crippen LogP contribution in [0.4, 0.5) is 0 Å². The van der Waals surface area contributed by atoms with Gasteiger partial charge in [0.25, 0.3) is 0 Å². The van der Waals surface area contributed by atoms with Crippen molar-refractivity contribution in [3.63, 3.8) is 0 Å². The van der Waals surface area contributed by atoms with Crippen LogP contribution in [-0.4, -0.2) is 55.9 Å². The van der Waals surface area contributed by atoms with Crippen molar-refractivity contribution in [2.24, 2.45) is 0 Å². The molecule has 0 amide bonds. The second kappa shape index (κ2) is 6.73. The van der Waals surface area contributed by atoms with Crippen LogP contribution in [0.25, 0.3) is 0 Å². The van der Waals surface area contributed by atoms with Gasteiger partial charge in [0, 0.05) is 25.2 Å². The Labute approximate surface area is 123 Å². The summed E-state index contributed by atoms with van der Waals surface area (Å²) in [6.07, 6.45) is 4.57. The molecule has 2 aliphatic rings. The lowest BCUT2D eigenvalue weighted by Gasteiger charge is -2.38. The second-order valence-corrected chi connectivity index (χ2v) is 8.42. The van der Waals surface area contributed by atoms with Crippen LogP contribution in [0.1, 0.15) is 46.5 Å². The minimum Gasteiger partial charge on any atom is -0.375 e. The van der Waals surface area contributed by atoms with Gasteiger partial charge >= 0.3 is 0 Å². The summed E-state index contributed by atoms with van der Waals surface area (Å²) < 4.78 is 31.0. The van der Waals surface area contributed by atoms with E-state index in [4.69, 9.17) is 4.74 Å². The summed E-state index contributed by atoms with van der Waals surface area (Å²) in [7, 11) is -3.01. The predicted molar refractivity (Wildman–Crippen MR) is 80.2 cm³/mol. The Morgan fingerprint density at radius 1 is 1.10 bits per heavy atom. The van der Waals surface area contributed by atoms with Gasteiger partial charge < -0.3 is 10.1 Å². The molecule has 2 aliphatic heterocycles. The third kappa shape index (κ3) is 4.16. The highest BCUT2D eigenvalue weighted by molar-refractivity contribution is 7.89. The van der Waals surface area contributed by atoms with Crippen LogP contribution in [0.2, 0.25) is 0 Å². The Morgan fingerprint density at radius 3 is 2.15 bits per heavy atom.